The van der Waals surface area contributed by atoms with E-state index in [1.807, 2.05) is 0 Å². The molecule has 0 aromatic heterocycles. The lowest BCUT2D eigenvalue weighted by Crippen LogP contribution is -2.27. The smallest absolute Gasteiger partial charge is 0.0342 e. The van der Waals surface area contributed by atoms with E-state index in [1.165, 1.54) is 43.4 Å². The van der Waals surface area contributed by atoms with Gasteiger partial charge in [-0.3, -0.25) is 0 Å². The van der Waals surface area contributed by atoms with E-state index in [2.05, 4.69) is 55.5 Å². The SMILES string of the molecule is CCC1CCCC(Nc2ccc(CN(C)C)cc2)C1. The molecular formula is C17H28N2. The van der Waals surface area contributed by atoms with Gasteiger partial charge < -0.3 is 10.2 Å². The number of hydrogen-bond donors (Lipinski definition) is 1. The molecule has 0 spiro atoms. The maximum absolute atomic E-state index is 3.71. The van der Waals surface area contributed by atoms with Crippen LogP contribution in [0.25, 0.3) is 0 Å². The molecule has 2 nitrogen and oxygen atoms in total. The molecule has 2 rings (SSSR count). The molecule has 19 heavy (non-hydrogen) atoms. The van der Waals surface area contributed by atoms with E-state index in [9.17, 15) is 0 Å². The first-order chi connectivity index (χ1) is 9.17. The van der Waals surface area contributed by atoms with Crippen LogP contribution in [-0.4, -0.2) is 25.0 Å². The predicted octanol–water partition coefficient (Wildman–Crippen LogP) is 4.13. The molecule has 2 atom stereocenters. The zero-order valence-electron chi connectivity index (χ0n) is 12.7. The van der Waals surface area contributed by atoms with Gasteiger partial charge in [0.1, 0.15) is 0 Å². The van der Waals surface area contributed by atoms with Gasteiger partial charge in [-0.05, 0) is 50.6 Å². The molecule has 0 amide bonds. The summed E-state index contributed by atoms with van der Waals surface area (Å²) in [5.41, 5.74) is 2.66. The minimum absolute atomic E-state index is 0.679. The first-order valence-corrected chi connectivity index (χ1v) is 7.67. The first-order valence-electron chi connectivity index (χ1n) is 7.67. The van der Waals surface area contributed by atoms with E-state index in [1.54, 1.807) is 0 Å². The van der Waals surface area contributed by atoms with Gasteiger partial charge in [0, 0.05) is 18.3 Å². The van der Waals surface area contributed by atoms with Gasteiger partial charge in [0.25, 0.3) is 0 Å². The van der Waals surface area contributed by atoms with Crippen molar-refractivity contribution in [3.63, 3.8) is 0 Å². The van der Waals surface area contributed by atoms with Gasteiger partial charge in [-0.15, -0.1) is 0 Å². The van der Waals surface area contributed by atoms with Gasteiger partial charge in [0.2, 0.25) is 0 Å². The van der Waals surface area contributed by atoms with E-state index in [0.29, 0.717) is 6.04 Å². The Balaban J connectivity index is 1.88. The van der Waals surface area contributed by atoms with Crippen LogP contribution < -0.4 is 5.32 Å². The van der Waals surface area contributed by atoms with Gasteiger partial charge in [-0.25, -0.2) is 0 Å². The minimum atomic E-state index is 0.679. The standard InChI is InChI=1S/C17H28N2/c1-4-14-6-5-7-17(12-14)18-16-10-8-15(9-11-16)13-19(2)3/h8-11,14,17-18H,4-7,12-13H2,1-3H3. The molecule has 1 saturated carbocycles. The van der Waals surface area contributed by atoms with E-state index >= 15 is 0 Å². The van der Waals surface area contributed by atoms with E-state index in [4.69, 9.17) is 0 Å². The Bertz CT molecular complexity index is 369. The number of hydrogen-bond acceptors (Lipinski definition) is 2. The molecular weight excluding hydrogens is 232 g/mol. The monoisotopic (exact) mass is 260 g/mol. The summed E-state index contributed by atoms with van der Waals surface area (Å²) in [4.78, 5) is 2.20. The summed E-state index contributed by atoms with van der Waals surface area (Å²) in [6.45, 7) is 3.34. The number of anilines is 1. The highest BCUT2D eigenvalue weighted by Crippen LogP contribution is 2.28. The molecule has 1 aliphatic rings. The number of benzene rings is 1. The first kappa shape index (κ1) is 14.4. The Morgan fingerprint density at radius 3 is 2.53 bits per heavy atom. The van der Waals surface area contributed by atoms with Crippen molar-refractivity contribution >= 4 is 5.69 Å². The Morgan fingerprint density at radius 1 is 1.16 bits per heavy atom. The maximum Gasteiger partial charge on any atom is 0.0342 e. The zero-order valence-corrected chi connectivity index (χ0v) is 12.7. The molecule has 1 aliphatic carbocycles. The summed E-state index contributed by atoms with van der Waals surface area (Å²) >= 11 is 0. The van der Waals surface area contributed by atoms with Crippen LogP contribution in [0.4, 0.5) is 5.69 Å². The highest BCUT2D eigenvalue weighted by molar-refractivity contribution is 5.45. The Labute approximate surface area is 118 Å². The molecule has 106 valence electrons. The van der Waals surface area contributed by atoms with Crippen LogP contribution in [0, 0.1) is 5.92 Å². The average molecular weight is 260 g/mol. The van der Waals surface area contributed by atoms with Gasteiger partial charge in [0.15, 0.2) is 0 Å². The second-order valence-electron chi connectivity index (χ2n) is 6.22. The Kier molecular flexibility index (Phi) is 5.26. The summed E-state index contributed by atoms with van der Waals surface area (Å²) in [6, 6.07) is 9.62. The second kappa shape index (κ2) is 6.95. The van der Waals surface area contributed by atoms with E-state index < -0.39 is 0 Å². The molecule has 0 bridgehead atoms. The molecule has 0 aliphatic heterocycles. The van der Waals surface area contributed by atoms with Gasteiger partial charge in [0.05, 0.1) is 0 Å². The summed E-state index contributed by atoms with van der Waals surface area (Å²) in [5.74, 6) is 0.930. The van der Waals surface area contributed by atoms with Crippen LogP contribution in [0.5, 0.6) is 0 Å². The van der Waals surface area contributed by atoms with Crippen LogP contribution in [0.15, 0.2) is 24.3 Å². The van der Waals surface area contributed by atoms with Crippen molar-refractivity contribution in [1.82, 2.24) is 4.90 Å². The molecule has 2 unspecified atom stereocenters. The molecule has 1 fully saturated rings. The molecule has 2 heteroatoms. The van der Waals surface area contributed by atoms with Crippen molar-refractivity contribution in [2.45, 2.75) is 51.6 Å². The molecule has 0 saturated heterocycles. The molecule has 1 N–H and O–H groups in total. The summed E-state index contributed by atoms with van der Waals surface area (Å²) in [7, 11) is 4.22. The van der Waals surface area contributed by atoms with E-state index in [0.717, 1.165) is 12.5 Å². The van der Waals surface area contributed by atoms with Crippen molar-refractivity contribution < 1.29 is 0 Å². The van der Waals surface area contributed by atoms with Crippen LogP contribution in [0.3, 0.4) is 0 Å². The highest BCUT2D eigenvalue weighted by atomic mass is 15.0. The molecule has 1 aromatic carbocycles. The maximum atomic E-state index is 3.71. The Hall–Kier alpha value is -1.02. The van der Waals surface area contributed by atoms with Gasteiger partial charge in [-0.2, -0.15) is 0 Å². The number of nitrogens with zero attached hydrogens (tertiary/aromatic N) is 1. The third kappa shape index (κ3) is 4.54. The predicted molar refractivity (Wildman–Crippen MR) is 83.5 cm³/mol. The lowest BCUT2D eigenvalue weighted by atomic mass is 9.84. The van der Waals surface area contributed by atoms with Gasteiger partial charge >= 0.3 is 0 Å². The fourth-order valence-electron chi connectivity index (χ4n) is 3.10. The topological polar surface area (TPSA) is 15.3 Å². The normalized spacial score (nSPS) is 23.6. The highest BCUT2D eigenvalue weighted by Gasteiger charge is 2.20. The fraction of sp³-hybridized carbons (Fsp3) is 0.647. The van der Waals surface area contributed by atoms with Crippen molar-refractivity contribution in [3.05, 3.63) is 29.8 Å². The lowest BCUT2D eigenvalue weighted by molar-refractivity contribution is 0.327. The molecule has 0 radical (unpaired) electrons. The zero-order chi connectivity index (χ0) is 13.7. The summed E-state index contributed by atoms with van der Waals surface area (Å²) < 4.78 is 0. The third-order valence-electron chi connectivity index (χ3n) is 4.18. The Morgan fingerprint density at radius 2 is 1.89 bits per heavy atom. The van der Waals surface area contributed by atoms with Crippen LogP contribution in [0.2, 0.25) is 0 Å². The third-order valence-corrected chi connectivity index (χ3v) is 4.18. The largest absolute Gasteiger partial charge is 0.382 e. The number of rotatable bonds is 5. The molecule has 0 heterocycles. The summed E-state index contributed by atoms with van der Waals surface area (Å²) in [5, 5.41) is 3.71. The van der Waals surface area contributed by atoms with Crippen LogP contribution in [0.1, 0.15) is 44.6 Å². The lowest BCUT2D eigenvalue weighted by Gasteiger charge is -2.29. The van der Waals surface area contributed by atoms with Crippen molar-refractivity contribution in [3.8, 4) is 0 Å². The number of nitrogens with one attached hydrogen (secondary N) is 1. The van der Waals surface area contributed by atoms with Crippen molar-refractivity contribution in [2.75, 3.05) is 19.4 Å². The molecule has 1 aromatic rings. The van der Waals surface area contributed by atoms with E-state index in [-0.39, 0.29) is 0 Å². The minimum Gasteiger partial charge on any atom is -0.382 e. The second-order valence-corrected chi connectivity index (χ2v) is 6.22. The van der Waals surface area contributed by atoms with Gasteiger partial charge in [-0.1, -0.05) is 38.3 Å². The van der Waals surface area contributed by atoms with Crippen molar-refractivity contribution in [2.24, 2.45) is 5.92 Å². The quantitative estimate of drug-likeness (QED) is 0.856. The average Bonchev–Trinajstić information content (AvgIpc) is 2.41. The van der Waals surface area contributed by atoms with Crippen molar-refractivity contribution in [1.29, 1.82) is 0 Å². The van der Waals surface area contributed by atoms with Crippen LogP contribution in [-0.2, 0) is 6.54 Å². The fourth-order valence-corrected chi connectivity index (χ4v) is 3.10. The summed E-state index contributed by atoms with van der Waals surface area (Å²) in [6.07, 6.45) is 6.82. The van der Waals surface area contributed by atoms with Crippen LogP contribution >= 0.6 is 0 Å².